The topological polar surface area (TPSA) is 62.4 Å². The summed E-state index contributed by atoms with van der Waals surface area (Å²) in [4.78, 5) is 6.78. The molecule has 2 aromatic rings. The number of β-amino-alcohol motifs (C(OH)–C–C–N with tert-alkyl or cyclic N) is 1. The summed E-state index contributed by atoms with van der Waals surface area (Å²) >= 11 is 0. The first-order valence-electron chi connectivity index (χ1n) is 7.95. The van der Waals surface area contributed by atoms with E-state index in [9.17, 15) is 5.11 Å². The third-order valence-electron chi connectivity index (χ3n) is 4.20. The van der Waals surface area contributed by atoms with Crippen LogP contribution in [0, 0.1) is 0 Å². The first-order chi connectivity index (χ1) is 10.6. The molecule has 0 radical (unpaired) electrons. The molecule has 2 heterocycles. The number of aromatic nitrogens is 2. The molecule has 118 valence electrons. The van der Waals surface area contributed by atoms with Gasteiger partial charge in [0.15, 0.2) is 5.82 Å². The van der Waals surface area contributed by atoms with E-state index >= 15 is 0 Å². The van der Waals surface area contributed by atoms with E-state index in [1.807, 2.05) is 44.2 Å². The predicted molar refractivity (Wildman–Crippen MR) is 83.3 cm³/mol. The van der Waals surface area contributed by atoms with Crippen molar-refractivity contribution in [2.24, 2.45) is 0 Å². The highest BCUT2D eigenvalue weighted by Gasteiger charge is 2.31. The third kappa shape index (κ3) is 3.20. The minimum Gasteiger partial charge on any atom is -0.387 e. The quantitative estimate of drug-likeness (QED) is 0.919. The average Bonchev–Trinajstić information content (AvgIpc) is 3.16. The fourth-order valence-corrected chi connectivity index (χ4v) is 2.96. The lowest BCUT2D eigenvalue weighted by atomic mass is 10.1. The smallest absolute Gasteiger partial charge is 0.229 e. The average molecular weight is 301 g/mol. The predicted octanol–water partition coefficient (Wildman–Crippen LogP) is 3.06. The molecule has 5 nitrogen and oxygen atoms in total. The first kappa shape index (κ1) is 15.2. The van der Waals surface area contributed by atoms with Gasteiger partial charge in [-0.2, -0.15) is 4.98 Å². The van der Waals surface area contributed by atoms with E-state index in [-0.39, 0.29) is 12.0 Å². The van der Waals surface area contributed by atoms with E-state index in [0.717, 1.165) is 30.8 Å². The van der Waals surface area contributed by atoms with Gasteiger partial charge in [0.25, 0.3) is 0 Å². The Morgan fingerprint density at radius 3 is 2.77 bits per heavy atom. The minimum absolute atomic E-state index is 0.148. The third-order valence-corrected chi connectivity index (χ3v) is 4.20. The Bertz CT molecular complexity index is 597. The molecule has 0 unspecified atom stereocenters. The molecule has 0 amide bonds. The number of rotatable bonds is 5. The van der Waals surface area contributed by atoms with Crippen LogP contribution >= 0.6 is 0 Å². The summed E-state index contributed by atoms with van der Waals surface area (Å²) in [6.07, 6.45) is 1.62. The van der Waals surface area contributed by atoms with Gasteiger partial charge in [-0.05, 0) is 24.9 Å². The monoisotopic (exact) mass is 301 g/mol. The SMILES string of the molecule is CC(C)c1nc([C@@H]2CCCN2C[C@H](O)c2ccccc2)no1. The first-order valence-corrected chi connectivity index (χ1v) is 7.95. The van der Waals surface area contributed by atoms with Crippen LogP contribution in [0.1, 0.15) is 62.0 Å². The molecule has 0 aliphatic carbocycles. The van der Waals surface area contributed by atoms with Crippen molar-refractivity contribution in [1.29, 1.82) is 0 Å². The number of hydrogen-bond donors (Lipinski definition) is 1. The summed E-state index contributed by atoms with van der Waals surface area (Å²) in [5.74, 6) is 1.68. The number of hydrogen-bond acceptors (Lipinski definition) is 5. The maximum Gasteiger partial charge on any atom is 0.229 e. The molecule has 1 aliphatic heterocycles. The highest BCUT2D eigenvalue weighted by molar-refractivity contribution is 5.17. The molecule has 5 heteroatoms. The molecule has 22 heavy (non-hydrogen) atoms. The maximum absolute atomic E-state index is 10.4. The zero-order valence-corrected chi connectivity index (χ0v) is 13.1. The van der Waals surface area contributed by atoms with Crippen molar-refractivity contribution in [3.05, 3.63) is 47.6 Å². The van der Waals surface area contributed by atoms with Crippen LogP contribution in [0.4, 0.5) is 0 Å². The van der Waals surface area contributed by atoms with Gasteiger partial charge in [0.1, 0.15) is 0 Å². The highest BCUT2D eigenvalue weighted by Crippen LogP contribution is 2.32. The van der Waals surface area contributed by atoms with E-state index in [1.165, 1.54) is 0 Å². The molecular formula is C17H23N3O2. The van der Waals surface area contributed by atoms with Crippen LogP contribution in [0.25, 0.3) is 0 Å². The Morgan fingerprint density at radius 2 is 2.09 bits per heavy atom. The number of benzene rings is 1. The molecule has 1 fully saturated rings. The lowest BCUT2D eigenvalue weighted by Crippen LogP contribution is -2.29. The zero-order valence-electron chi connectivity index (χ0n) is 13.1. The minimum atomic E-state index is -0.488. The van der Waals surface area contributed by atoms with Crippen molar-refractivity contribution >= 4 is 0 Å². The number of aliphatic hydroxyl groups excluding tert-OH is 1. The Kier molecular flexibility index (Phi) is 4.55. The van der Waals surface area contributed by atoms with Gasteiger partial charge < -0.3 is 9.63 Å². The maximum atomic E-state index is 10.4. The van der Waals surface area contributed by atoms with Gasteiger partial charge in [0.2, 0.25) is 5.89 Å². The van der Waals surface area contributed by atoms with Gasteiger partial charge in [-0.15, -0.1) is 0 Å². The van der Waals surface area contributed by atoms with Crippen LogP contribution in [-0.2, 0) is 0 Å². The summed E-state index contributed by atoms with van der Waals surface area (Å²) in [5.41, 5.74) is 0.948. The number of aliphatic hydroxyl groups is 1. The van der Waals surface area contributed by atoms with E-state index in [0.29, 0.717) is 12.4 Å². The molecule has 1 aromatic heterocycles. The normalized spacial score (nSPS) is 20.6. The number of nitrogens with zero attached hydrogens (tertiary/aromatic N) is 3. The van der Waals surface area contributed by atoms with Crippen molar-refractivity contribution in [3.63, 3.8) is 0 Å². The molecule has 1 aliphatic rings. The van der Waals surface area contributed by atoms with Gasteiger partial charge in [-0.1, -0.05) is 49.3 Å². The van der Waals surface area contributed by atoms with Gasteiger partial charge >= 0.3 is 0 Å². The Balaban J connectivity index is 1.70. The largest absolute Gasteiger partial charge is 0.387 e. The van der Waals surface area contributed by atoms with Crippen molar-refractivity contribution in [2.45, 2.75) is 44.8 Å². The molecule has 0 spiro atoms. The van der Waals surface area contributed by atoms with E-state index in [1.54, 1.807) is 0 Å². The molecule has 1 N–H and O–H groups in total. The molecule has 0 bridgehead atoms. The van der Waals surface area contributed by atoms with Crippen LogP contribution in [0.2, 0.25) is 0 Å². The Hall–Kier alpha value is -1.72. The van der Waals surface area contributed by atoms with Crippen LogP contribution in [0.15, 0.2) is 34.9 Å². The zero-order chi connectivity index (χ0) is 15.5. The fourth-order valence-electron chi connectivity index (χ4n) is 2.96. The Morgan fingerprint density at radius 1 is 1.32 bits per heavy atom. The van der Waals surface area contributed by atoms with Gasteiger partial charge in [0.05, 0.1) is 12.1 Å². The standard InChI is InChI=1S/C17H23N3O2/c1-12(2)17-18-16(19-22-17)14-9-6-10-20(14)11-15(21)13-7-4-3-5-8-13/h3-5,7-8,12,14-15,21H,6,9-11H2,1-2H3/t14-,15-/m0/s1. The summed E-state index contributed by atoms with van der Waals surface area (Å²) in [6, 6.07) is 9.93. The van der Waals surface area contributed by atoms with Crippen LogP contribution < -0.4 is 0 Å². The van der Waals surface area contributed by atoms with Crippen molar-refractivity contribution in [1.82, 2.24) is 15.0 Å². The highest BCUT2D eigenvalue weighted by atomic mass is 16.5. The van der Waals surface area contributed by atoms with Crippen molar-refractivity contribution in [3.8, 4) is 0 Å². The molecule has 3 rings (SSSR count). The Labute approximate surface area is 131 Å². The fraction of sp³-hybridized carbons (Fsp3) is 0.529. The molecule has 0 saturated carbocycles. The van der Waals surface area contributed by atoms with Gasteiger partial charge in [-0.25, -0.2) is 0 Å². The second-order valence-electron chi connectivity index (χ2n) is 6.22. The summed E-state index contributed by atoms with van der Waals surface area (Å²) < 4.78 is 5.33. The summed E-state index contributed by atoms with van der Waals surface area (Å²) in [5, 5.41) is 14.6. The lowest BCUT2D eigenvalue weighted by Gasteiger charge is -2.24. The second-order valence-corrected chi connectivity index (χ2v) is 6.22. The number of likely N-dealkylation sites (tertiary alicyclic amines) is 1. The van der Waals surface area contributed by atoms with Crippen LogP contribution in [-0.4, -0.2) is 33.2 Å². The van der Waals surface area contributed by atoms with Crippen LogP contribution in [0.5, 0.6) is 0 Å². The van der Waals surface area contributed by atoms with Gasteiger partial charge in [0, 0.05) is 12.5 Å². The lowest BCUT2D eigenvalue weighted by molar-refractivity contribution is 0.103. The van der Waals surface area contributed by atoms with E-state index in [2.05, 4.69) is 15.0 Å². The molecule has 1 aromatic carbocycles. The van der Waals surface area contributed by atoms with E-state index < -0.39 is 6.10 Å². The summed E-state index contributed by atoms with van der Waals surface area (Å²) in [7, 11) is 0. The second kappa shape index (κ2) is 6.58. The van der Waals surface area contributed by atoms with Crippen LogP contribution in [0.3, 0.4) is 0 Å². The molecular weight excluding hydrogens is 278 g/mol. The van der Waals surface area contributed by atoms with Crippen molar-refractivity contribution < 1.29 is 9.63 Å². The summed E-state index contributed by atoms with van der Waals surface area (Å²) in [6.45, 7) is 5.64. The van der Waals surface area contributed by atoms with E-state index in [4.69, 9.17) is 4.52 Å². The van der Waals surface area contributed by atoms with Gasteiger partial charge in [-0.3, -0.25) is 4.90 Å². The van der Waals surface area contributed by atoms with Crippen molar-refractivity contribution in [2.75, 3.05) is 13.1 Å². The molecule has 1 saturated heterocycles. The molecule has 2 atom stereocenters.